The van der Waals surface area contributed by atoms with Crippen molar-refractivity contribution in [3.63, 3.8) is 0 Å². The van der Waals surface area contributed by atoms with E-state index in [1.165, 1.54) is 11.3 Å². The van der Waals surface area contributed by atoms with E-state index in [2.05, 4.69) is 4.72 Å². The predicted molar refractivity (Wildman–Crippen MR) is 222 cm³/mol. The fourth-order valence-electron chi connectivity index (χ4n) is 8.49. The van der Waals surface area contributed by atoms with Crippen molar-refractivity contribution in [3.05, 3.63) is 57.8 Å². The van der Waals surface area contributed by atoms with Crippen molar-refractivity contribution in [3.8, 4) is 17.4 Å². The molecule has 1 saturated heterocycles. The summed E-state index contributed by atoms with van der Waals surface area (Å²) in [4.78, 5) is 65.2. The summed E-state index contributed by atoms with van der Waals surface area (Å²) in [7, 11) is -2.36. The summed E-state index contributed by atoms with van der Waals surface area (Å²) in [6.07, 6.45) is 7.99. The van der Waals surface area contributed by atoms with Crippen LogP contribution in [-0.2, 0) is 24.4 Å². The van der Waals surface area contributed by atoms with Gasteiger partial charge in [0.15, 0.2) is 11.6 Å². The smallest absolute Gasteiger partial charge is 0.240 e. The molecule has 12 nitrogen and oxygen atoms in total. The third-order valence-corrected chi connectivity index (χ3v) is 15.6. The van der Waals surface area contributed by atoms with Crippen LogP contribution in [0.15, 0.2) is 42.5 Å². The lowest BCUT2D eigenvalue weighted by atomic mass is 9.90. The maximum Gasteiger partial charge on any atom is 0.240 e. The van der Waals surface area contributed by atoms with Gasteiger partial charge in [-0.05, 0) is 103 Å². The second kappa shape index (κ2) is 16.4. The third-order valence-electron chi connectivity index (χ3n) is 12.4. The molecule has 312 valence electrons. The highest BCUT2D eigenvalue weighted by atomic mass is 32.2. The Hall–Kier alpha value is -4.30. The number of aromatic nitrogens is 1. The Morgan fingerprint density at radius 2 is 1.84 bits per heavy atom. The number of ether oxygens (including phenoxy) is 3. The van der Waals surface area contributed by atoms with Gasteiger partial charge in [0.05, 0.1) is 46.4 Å². The molecule has 14 heteroatoms. The van der Waals surface area contributed by atoms with Gasteiger partial charge in [0.1, 0.15) is 17.6 Å². The summed E-state index contributed by atoms with van der Waals surface area (Å²) in [5.41, 5.74) is 0.171. The Kier molecular flexibility index (Phi) is 11.8. The summed E-state index contributed by atoms with van der Waals surface area (Å²) in [6.45, 7) is 9.35. The Balaban J connectivity index is 1.23. The van der Waals surface area contributed by atoms with E-state index in [4.69, 9.17) is 19.2 Å². The molecule has 5 atom stereocenters. The van der Waals surface area contributed by atoms with Crippen molar-refractivity contribution in [1.82, 2.24) is 14.6 Å². The van der Waals surface area contributed by atoms with Gasteiger partial charge in [0.2, 0.25) is 27.7 Å². The number of Topliss-reactive ketones (excluding diaryl/α,β-unsaturated/α-hetero) is 2. The standard InChI is InChI=1S/C44H55N3O9S2/c1-26(2)55-39-22-37(32-15-16-36(54-6)28(4)40(32)45-39)56-31-21-33-35(49)24-44(42(51)46-58(52,53)43(5)18-19-43)23-30(44)13-11-9-7-8-10-12-29(41(50)47(33)25-31)20-34(48)38-17-14-27(3)57-38/h11,13-17,22,26,29-31,33H,7-10,12,18-21,23-25H2,1-6H3,(H,46,51)/b13-11-/t29-,30-,31-,33+,44-/m1/s1. The minimum absolute atomic E-state index is 0.0126. The molecular formula is C44H55N3O9S2. The van der Waals surface area contributed by atoms with Crippen LogP contribution >= 0.6 is 11.3 Å². The fraction of sp³-hybridized carbons (Fsp3) is 0.568. The SMILES string of the molecule is COc1ccc2c(O[C@@H]3C[C@H]4C(=O)C[C@]5(C(=O)NS(=O)(=O)C6(C)CC6)C[C@H]5/C=C\CCCCC[C@H](CC(=O)c5ccc(C)s5)C(=O)N4C3)cc(OC(C)C)nc2c1C. The summed E-state index contributed by atoms with van der Waals surface area (Å²) in [5.74, 6) is -0.908. The molecule has 3 fully saturated rings. The predicted octanol–water partition coefficient (Wildman–Crippen LogP) is 7.43. The Morgan fingerprint density at radius 3 is 2.53 bits per heavy atom. The van der Waals surface area contributed by atoms with Crippen LogP contribution in [0.5, 0.6) is 17.4 Å². The van der Waals surface area contributed by atoms with E-state index >= 15 is 0 Å². The van der Waals surface area contributed by atoms with Crippen molar-refractivity contribution < 1.29 is 41.8 Å². The number of thiophene rings is 1. The molecule has 3 aromatic rings. The minimum Gasteiger partial charge on any atom is -0.496 e. The molecule has 2 aromatic heterocycles. The number of nitrogens with one attached hydrogen (secondary N) is 1. The van der Waals surface area contributed by atoms with Crippen molar-refractivity contribution in [2.75, 3.05) is 13.7 Å². The van der Waals surface area contributed by atoms with E-state index in [1.54, 1.807) is 31.1 Å². The number of nitrogens with zero attached hydrogens (tertiary/aromatic N) is 2. The van der Waals surface area contributed by atoms with Crippen LogP contribution in [-0.4, -0.2) is 78.3 Å². The highest BCUT2D eigenvalue weighted by molar-refractivity contribution is 7.91. The number of fused-ring (bicyclic) bond motifs is 3. The molecule has 0 spiro atoms. The van der Waals surface area contributed by atoms with Crippen LogP contribution < -0.4 is 18.9 Å². The normalized spacial score (nSPS) is 26.6. The number of hydrogen-bond acceptors (Lipinski definition) is 11. The molecule has 0 bridgehead atoms. The number of sulfonamides is 1. The molecule has 0 radical (unpaired) electrons. The number of hydrogen-bond donors (Lipinski definition) is 1. The molecule has 2 saturated carbocycles. The Bertz CT molecular complexity index is 2240. The monoisotopic (exact) mass is 833 g/mol. The second-order valence-corrected chi connectivity index (χ2v) is 20.7. The summed E-state index contributed by atoms with van der Waals surface area (Å²) < 4.78 is 46.2. The molecule has 58 heavy (non-hydrogen) atoms. The number of benzene rings is 1. The van der Waals surface area contributed by atoms with Crippen molar-refractivity contribution >= 4 is 55.6 Å². The lowest BCUT2D eigenvalue weighted by Crippen LogP contribution is -2.47. The van der Waals surface area contributed by atoms with Crippen molar-refractivity contribution in [2.24, 2.45) is 17.3 Å². The van der Waals surface area contributed by atoms with E-state index in [1.807, 2.05) is 58.0 Å². The molecule has 1 N–H and O–H groups in total. The van der Waals surface area contributed by atoms with Crippen LogP contribution in [0, 0.1) is 31.1 Å². The molecule has 4 heterocycles. The topological polar surface area (TPSA) is 158 Å². The molecule has 7 rings (SSSR count). The number of methoxy groups -OCH3 is 1. The van der Waals surface area contributed by atoms with Gasteiger partial charge in [-0.15, -0.1) is 11.3 Å². The molecule has 2 amide bonds. The molecule has 0 unspecified atom stereocenters. The zero-order valence-corrected chi connectivity index (χ0v) is 35.9. The van der Waals surface area contributed by atoms with Gasteiger partial charge in [-0.2, -0.15) is 0 Å². The lowest BCUT2D eigenvalue weighted by molar-refractivity contribution is -0.142. The van der Waals surface area contributed by atoms with Crippen LogP contribution in [0.3, 0.4) is 0 Å². The third kappa shape index (κ3) is 8.55. The second-order valence-electron chi connectivity index (χ2n) is 17.2. The lowest BCUT2D eigenvalue weighted by Gasteiger charge is -2.29. The van der Waals surface area contributed by atoms with Crippen molar-refractivity contribution in [1.29, 1.82) is 0 Å². The number of rotatable bonds is 11. The van der Waals surface area contributed by atoms with Gasteiger partial charge in [-0.3, -0.25) is 23.9 Å². The number of allylic oxidation sites excluding steroid dienone is 2. The highest BCUT2D eigenvalue weighted by Crippen LogP contribution is 2.57. The first-order valence-electron chi connectivity index (χ1n) is 20.5. The molecule has 2 aliphatic heterocycles. The molecule has 2 aliphatic carbocycles. The molecule has 4 aliphatic rings. The van der Waals surface area contributed by atoms with E-state index in [0.717, 1.165) is 36.1 Å². The van der Waals surface area contributed by atoms with Gasteiger partial charge in [-0.25, -0.2) is 13.4 Å². The maximum atomic E-state index is 14.8. The van der Waals surface area contributed by atoms with Crippen LogP contribution in [0.25, 0.3) is 10.9 Å². The Labute approximate surface area is 345 Å². The zero-order chi connectivity index (χ0) is 41.6. The number of carbonyl (C=O) groups excluding carboxylic acids is 4. The van der Waals surface area contributed by atoms with Crippen LogP contribution in [0.1, 0.15) is 112 Å². The summed E-state index contributed by atoms with van der Waals surface area (Å²) >= 11 is 1.40. The number of ketones is 2. The largest absolute Gasteiger partial charge is 0.496 e. The Morgan fingerprint density at radius 1 is 1.07 bits per heavy atom. The first kappa shape index (κ1) is 41.8. The van der Waals surface area contributed by atoms with E-state index < -0.39 is 44.2 Å². The zero-order valence-electron chi connectivity index (χ0n) is 34.3. The number of pyridine rings is 1. The number of amides is 2. The first-order valence-corrected chi connectivity index (χ1v) is 22.8. The average molecular weight is 834 g/mol. The fourth-order valence-corrected chi connectivity index (χ4v) is 10.6. The van der Waals surface area contributed by atoms with Crippen molar-refractivity contribution in [2.45, 2.75) is 128 Å². The van der Waals surface area contributed by atoms with Crippen LogP contribution in [0.4, 0.5) is 0 Å². The number of carbonyl (C=O) groups is 4. The van der Waals surface area contributed by atoms with E-state index in [-0.39, 0.29) is 55.3 Å². The van der Waals surface area contributed by atoms with Gasteiger partial charge in [0.25, 0.3) is 0 Å². The van der Waals surface area contributed by atoms with Gasteiger partial charge < -0.3 is 19.1 Å². The average Bonchev–Trinajstić information content (AvgIpc) is 3.97. The van der Waals surface area contributed by atoms with E-state index in [0.29, 0.717) is 58.8 Å². The van der Waals surface area contributed by atoms with Gasteiger partial charge >= 0.3 is 0 Å². The minimum atomic E-state index is -3.95. The molecule has 1 aromatic carbocycles. The summed E-state index contributed by atoms with van der Waals surface area (Å²) in [5, 5.41) is 0.708. The van der Waals surface area contributed by atoms with Gasteiger partial charge in [-0.1, -0.05) is 25.0 Å². The highest BCUT2D eigenvalue weighted by Gasteiger charge is 2.62. The quantitative estimate of drug-likeness (QED) is 0.152. The summed E-state index contributed by atoms with van der Waals surface area (Å²) in [6, 6.07) is 8.16. The molecular weight excluding hydrogens is 779 g/mol. The van der Waals surface area contributed by atoms with Crippen LogP contribution in [0.2, 0.25) is 0 Å². The first-order chi connectivity index (χ1) is 27.5. The van der Waals surface area contributed by atoms with E-state index in [9.17, 15) is 27.6 Å². The maximum absolute atomic E-state index is 14.8. The number of aryl methyl sites for hydroxylation is 2. The van der Waals surface area contributed by atoms with Gasteiger partial charge in [0, 0.05) is 47.1 Å².